The number of ether oxygens (including phenoxy) is 2. The lowest BCUT2D eigenvalue weighted by atomic mass is 9.90. The Morgan fingerprint density at radius 3 is 2.65 bits per heavy atom. The van der Waals surface area contributed by atoms with Crippen LogP contribution in [0.25, 0.3) is 0 Å². The Balaban J connectivity index is 2.05. The molecule has 0 saturated carbocycles. The van der Waals surface area contributed by atoms with E-state index in [1.165, 1.54) is 13.0 Å². The van der Waals surface area contributed by atoms with E-state index in [1.54, 1.807) is 0 Å². The van der Waals surface area contributed by atoms with E-state index in [2.05, 4.69) is 5.32 Å². The van der Waals surface area contributed by atoms with Crippen LogP contribution in [0.5, 0.6) is 5.75 Å². The molecule has 1 unspecified atom stereocenters. The number of carboxylic acid groups (broad SMARTS) is 1. The highest BCUT2D eigenvalue weighted by atomic mass is 35.5. The molecule has 2 rings (SSSR count). The molecule has 1 aliphatic heterocycles. The van der Waals surface area contributed by atoms with Gasteiger partial charge in [0.1, 0.15) is 17.1 Å². The largest absolute Gasteiger partial charge is 0.480 e. The van der Waals surface area contributed by atoms with Gasteiger partial charge in [-0.25, -0.2) is 9.18 Å². The molecular weight excluding hydrogens is 329 g/mol. The first-order chi connectivity index (χ1) is 10.8. The van der Waals surface area contributed by atoms with Crippen LogP contribution < -0.4 is 10.1 Å². The molecule has 126 valence electrons. The van der Waals surface area contributed by atoms with Crippen molar-refractivity contribution in [2.45, 2.75) is 31.4 Å². The number of carboxylic acids is 1. The number of benzene rings is 1. The summed E-state index contributed by atoms with van der Waals surface area (Å²) in [6, 6.07) is 3.53. The molecule has 1 saturated heterocycles. The number of hydrogen-bond donors (Lipinski definition) is 2. The summed E-state index contributed by atoms with van der Waals surface area (Å²) in [6.07, 6.45) is -0.632. The topological polar surface area (TPSA) is 84.9 Å². The van der Waals surface area contributed by atoms with Crippen molar-refractivity contribution in [1.29, 1.82) is 0 Å². The van der Waals surface area contributed by atoms with Crippen molar-refractivity contribution in [1.82, 2.24) is 5.32 Å². The number of rotatable bonds is 5. The van der Waals surface area contributed by atoms with Gasteiger partial charge in [0.05, 0.1) is 5.02 Å². The maximum atomic E-state index is 13.0. The fraction of sp³-hybridized carbons (Fsp3) is 0.467. The molecule has 1 aromatic carbocycles. The Bertz CT molecular complexity index is 604. The van der Waals surface area contributed by atoms with Crippen molar-refractivity contribution < 1.29 is 28.6 Å². The zero-order valence-electron chi connectivity index (χ0n) is 12.5. The summed E-state index contributed by atoms with van der Waals surface area (Å²) in [6.45, 7) is 1.97. The van der Waals surface area contributed by atoms with E-state index in [1.807, 2.05) is 0 Å². The maximum absolute atomic E-state index is 13.0. The van der Waals surface area contributed by atoms with Crippen LogP contribution in [0.1, 0.15) is 19.8 Å². The van der Waals surface area contributed by atoms with Gasteiger partial charge in [-0.05, 0) is 25.1 Å². The lowest BCUT2D eigenvalue weighted by Gasteiger charge is -2.34. The average Bonchev–Trinajstić information content (AvgIpc) is 2.50. The van der Waals surface area contributed by atoms with Crippen LogP contribution in [0.3, 0.4) is 0 Å². The highest BCUT2D eigenvalue weighted by Gasteiger charge is 2.42. The van der Waals surface area contributed by atoms with E-state index in [0.29, 0.717) is 0 Å². The first-order valence-electron chi connectivity index (χ1n) is 7.09. The molecule has 1 amide bonds. The van der Waals surface area contributed by atoms with Crippen LogP contribution in [0.4, 0.5) is 4.39 Å². The van der Waals surface area contributed by atoms with Gasteiger partial charge in [0, 0.05) is 26.1 Å². The van der Waals surface area contributed by atoms with E-state index in [9.17, 15) is 19.1 Å². The van der Waals surface area contributed by atoms with Gasteiger partial charge in [-0.15, -0.1) is 0 Å². The van der Waals surface area contributed by atoms with Gasteiger partial charge < -0.3 is 19.9 Å². The summed E-state index contributed by atoms with van der Waals surface area (Å²) < 4.78 is 23.5. The average molecular weight is 346 g/mol. The third-order valence-corrected chi connectivity index (χ3v) is 3.98. The van der Waals surface area contributed by atoms with Crippen LogP contribution in [-0.2, 0) is 14.3 Å². The Labute approximate surface area is 137 Å². The van der Waals surface area contributed by atoms with Gasteiger partial charge in [0.15, 0.2) is 6.10 Å². The maximum Gasteiger partial charge on any atom is 0.329 e. The second-order valence-corrected chi connectivity index (χ2v) is 5.73. The van der Waals surface area contributed by atoms with Gasteiger partial charge in [-0.2, -0.15) is 0 Å². The van der Waals surface area contributed by atoms with Gasteiger partial charge in [0.2, 0.25) is 0 Å². The molecule has 1 aromatic rings. The van der Waals surface area contributed by atoms with Crippen LogP contribution in [0, 0.1) is 5.82 Å². The molecule has 6 nitrogen and oxygen atoms in total. The van der Waals surface area contributed by atoms with E-state index >= 15 is 0 Å². The zero-order chi connectivity index (χ0) is 17.0. The Morgan fingerprint density at radius 1 is 1.43 bits per heavy atom. The molecule has 1 aliphatic rings. The molecule has 0 bridgehead atoms. The lowest BCUT2D eigenvalue weighted by molar-refractivity contribution is -0.153. The standard InChI is InChI=1S/C15H17ClFNO5/c1-9(23-12-3-2-10(17)8-11(12)16)13(19)18-15(14(20)21)4-6-22-7-5-15/h2-3,8-9H,4-7H2,1H3,(H,18,19)(H,20,21). The van der Waals surface area contributed by atoms with E-state index in [-0.39, 0.29) is 36.8 Å². The number of nitrogens with one attached hydrogen (secondary N) is 1. The summed E-state index contributed by atoms with van der Waals surface area (Å²) in [5.74, 6) is -2.07. The fourth-order valence-corrected chi connectivity index (χ4v) is 2.48. The fourth-order valence-electron chi connectivity index (χ4n) is 2.26. The third-order valence-electron chi connectivity index (χ3n) is 3.69. The minimum atomic E-state index is -1.36. The molecule has 1 fully saturated rings. The SMILES string of the molecule is CC(Oc1ccc(F)cc1Cl)C(=O)NC1(C(=O)O)CCOCC1. The molecule has 1 atom stereocenters. The van der Waals surface area contributed by atoms with Crippen molar-refractivity contribution >= 4 is 23.5 Å². The van der Waals surface area contributed by atoms with Gasteiger partial charge in [-0.1, -0.05) is 11.6 Å². The Morgan fingerprint density at radius 2 is 2.09 bits per heavy atom. The molecule has 0 aromatic heterocycles. The molecule has 0 aliphatic carbocycles. The molecule has 0 spiro atoms. The first-order valence-corrected chi connectivity index (χ1v) is 7.47. The van der Waals surface area contributed by atoms with Crippen LogP contribution in [0.2, 0.25) is 5.02 Å². The molecule has 1 heterocycles. The summed E-state index contributed by atoms with van der Waals surface area (Å²) in [5, 5.41) is 12.0. The number of halogens is 2. The first kappa shape index (κ1) is 17.5. The normalized spacial score (nSPS) is 18.0. The summed E-state index contributed by atoms with van der Waals surface area (Å²) >= 11 is 5.84. The molecule has 0 radical (unpaired) electrons. The highest BCUT2D eigenvalue weighted by molar-refractivity contribution is 6.32. The van der Waals surface area contributed by atoms with Crippen molar-refractivity contribution in [3.8, 4) is 5.75 Å². The summed E-state index contributed by atoms with van der Waals surface area (Å²) in [4.78, 5) is 23.8. The lowest BCUT2D eigenvalue weighted by Crippen LogP contribution is -2.59. The zero-order valence-corrected chi connectivity index (χ0v) is 13.2. The highest BCUT2D eigenvalue weighted by Crippen LogP contribution is 2.26. The number of carbonyl (C=O) groups excluding carboxylic acids is 1. The van der Waals surface area contributed by atoms with Crippen molar-refractivity contribution in [2.75, 3.05) is 13.2 Å². The quantitative estimate of drug-likeness (QED) is 0.852. The second kappa shape index (κ2) is 7.14. The smallest absolute Gasteiger partial charge is 0.329 e. The van der Waals surface area contributed by atoms with Crippen LogP contribution in [0.15, 0.2) is 18.2 Å². The minimum Gasteiger partial charge on any atom is -0.480 e. The van der Waals surface area contributed by atoms with Crippen LogP contribution in [-0.4, -0.2) is 41.8 Å². The predicted molar refractivity (Wildman–Crippen MR) is 80.1 cm³/mol. The number of hydrogen-bond acceptors (Lipinski definition) is 4. The van der Waals surface area contributed by atoms with Crippen LogP contribution >= 0.6 is 11.6 Å². The van der Waals surface area contributed by atoms with E-state index in [4.69, 9.17) is 21.1 Å². The predicted octanol–water partition coefficient (Wildman–Crippen LogP) is 2.00. The van der Waals surface area contributed by atoms with Crippen molar-refractivity contribution in [2.24, 2.45) is 0 Å². The minimum absolute atomic E-state index is 0.0312. The molecule has 23 heavy (non-hydrogen) atoms. The summed E-state index contributed by atoms with van der Waals surface area (Å²) in [5.41, 5.74) is -1.36. The van der Waals surface area contributed by atoms with E-state index < -0.39 is 29.3 Å². The third kappa shape index (κ3) is 4.11. The monoisotopic (exact) mass is 345 g/mol. The van der Waals surface area contributed by atoms with Crippen molar-refractivity contribution in [3.63, 3.8) is 0 Å². The van der Waals surface area contributed by atoms with Crippen molar-refractivity contribution in [3.05, 3.63) is 29.0 Å². The molecular formula is C15H17ClFNO5. The molecule has 8 heteroatoms. The number of aliphatic carboxylic acids is 1. The number of carbonyl (C=O) groups is 2. The second-order valence-electron chi connectivity index (χ2n) is 5.32. The van der Waals surface area contributed by atoms with Gasteiger partial charge in [-0.3, -0.25) is 4.79 Å². The van der Waals surface area contributed by atoms with E-state index in [0.717, 1.165) is 12.1 Å². The number of amides is 1. The Hall–Kier alpha value is -1.86. The Kier molecular flexibility index (Phi) is 5.43. The molecule has 2 N–H and O–H groups in total. The summed E-state index contributed by atoms with van der Waals surface area (Å²) in [7, 11) is 0. The van der Waals surface area contributed by atoms with Gasteiger partial charge >= 0.3 is 5.97 Å². The van der Waals surface area contributed by atoms with Gasteiger partial charge in [0.25, 0.3) is 5.91 Å².